The molecule has 5 heteroatoms. The van der Waals surface area contributed by atoms with Crippen molar-refractivity contribution in [2.75, 3.05) is 0 Å². The molecule has 0 atom stereocenters. The van der Waals surface area contributed by atoms with E-state index >= 15 is 0 Å². The van der Waals surface area contributed by atoms with Crippen LogP contribution in [0.15, 0.2) is 24.3 Å². The van der Waals surface area contributed by atoms with Gasteiger partial charge < -0.3 is 0 Å². The average molecular weight is 246 g/mol. The van der Waals surface area contributed by atoms with E-state index in [1.807, 2.05) is 27.7 Å². The molecule has 0 aromatic heterocycles. The minimum Gasteiger partial charge on any atom is -0.275 e. The second-order valence-corrected chi connectivity index (χ2v) is 2.39. The average Bonchev–Trinajstić information content (AvgIpc) is 2.34. The van der Waals surface area contributed by atoms with Crippen molar-refractivity contribution >= 4 is 22.5 Å². The lowest BCUT2D eigenvalue weighted by molar-refractivity contribution is -0.385. The zero-order valence-electron chi connectivity index (χ0n) is 9.86. The molecule has 0 aliphatic heterocycles. The number of hydrogen-bond acceptors (Lipinski definition) is 3. The summed E-state index contributed by atoms with van der Waals surface area (Å²) >= 11 is 5.11. The highest BCUT2D eigenvalue weighted by Crippen LogP contribution is 2.18. The molecular formula is C11H16ClNO3. The van der Waals surface area contributed by atoms with Crippen molar-refractivity contribution in [2.45, 2.75) is 27.7 Å². The predicted molar refractivity (Wildman–Crippen MR) is 66.0 cm³/mol. The van der Waals surface area contributed by atoms with Crippen molar-refractivity contribution in [3.63, 3.8) is 0 Å². The molecule has 4 nitrogen and oxygen atoms in total. The van der Waals surface area contributed by atoms with E-state index in [9.17, 15) is 14.9 Å². The predicted octanol–water partition coefficient (Wildman–Crippen LogP) is 4.03. The second-order valence-electron chi connectivity index (χ2n) is 2.05. The molecule has 0 saturated heterocycles. The van der Waals surface area contributed by atoms with Crippen LogP contribution in [0.5, 0.6) is 0 Å². The Morgan fingerprint density at radius 3 is 1.94 bits per heavy atom. The monoisotopic (exact) mass is 245 g/mol. The first-order chi connectivity index (χ1) is 7.63. The van der Waals surface area contributed by atoms with Gasteiger partial charge in [0.25, 0.3) is 10.9 Å². The Morgan fingerprint density at radius 1 is 1.19 bits per heavy atom. The third kappa shape index (κ3) is 5.46. The topological polar surface area (TPSA) is 60.2 Å². The number of hydrogen-bond donors (Lipinski definition) is 0. The third-order valence-corrected chi connectivity index (χ3v) is 1.52. The van der Waals surface area contributed by atoms with Crippen LogP contribution in [0.3, 0.4) is 0 Å². The molecule has 0 radical (unpaired) electrons. The molecule has 0 saturated carbocycles. The van der Waals surface area contributed by atoms with Crippen LogP contribution in [0.4, 0.5) is 5.69 Å². The first-order valence-corrected chi connectivity index (χ1v) is 5.44. The summed E-state index contributed by atoms with van der Waals surface area (Å²) in [6.07, 6.45) is 0. The van der Waals surface area contributed by atoms with Crippen molar-refractivity contribution < 1.29 is 9.72 Å². The van der Waals surface area contributed by atoms with Crippen LogP contribution >= 0.6 is 11.6 Å². The van der Waals surface area contributed by atoms with E-state index in [4.69, 9.17) is 11.6 Å². The van der Waals surface area contributed by atoms with Crippen LogP contribution in [0, 0.1) is 10.1 Å². The molecule has 16 heavy (non-hydrogen) atoms. The Bertz CT molecular complexity index is 307. The lowest BCUT2D eigenvalue weighted by Gasteiger charge is -1.94. The van der Waals surface area contributed by atoms with E-state index in [-0.39, 0.29) is 11.3 Å². The zero-order valence-corrected chi connectivity index (χ0v) is 10.6. The Hall–Kier alpha value is -1.42. The highest BCUT2D eigenvalue weighted by atomic mass is 35.5. The Labute approximate surface area is 100 Å². The number of nitro benzene ring substituents is 1. The quantitative estimate of drug-likeness (QED) is 0.449. The molecule has 1 aromatic carbocycles. The molecule has 0 amide bonds. The van der Waals surface area contributed by atoms with Crippen molar-refractivity contribution in [2.24, 2.45) is 0 Å². The van der Waals surface area contributed by atoms with E-state index in [1.54, 1.807) is 0 Å². The van der Waals surface area contributed by atoms with Gasteiger partial charge in [0, 0.05) is 6.07 Å². The zero-order chi connectivity index (χ0) is 13.1. The maximum absolute atomic E-state index is 10.6. The van der Waals surface area contributed by atoms with Crippen molar-refractivity contribution in [1.29, 1.82) is 0 Å². The van der Waals surface area contributed by atoms with E-state index in [2.05, 4.69) is 0 Å². The van der Waals surface area contributed by atoms with E-state index < -0.39 is 10.2 Å². The summed E-state index contributed by atoms with van der Waals surface area (Å²) in [4.78, 5) is 20.3. The number of nitro groups is 1. The fraction of sp³-hybridized carbons (Fsp3) is 0.364. The summed E-state index contributed by atoms with van der Waals surface area (Å²) in [6.45, 7) is 8.00. The van der Waals surface area contributed by atoms with Gasteiger partial charge in [-0.1, -0.05) is 39.8 Å². The maximum atomic E-state index is 10.6. The first kappa shape index (κ1) is 17.0. The molecule has 0 aliphatic rings. The summed E-state index contributed by atoms with van der Waals surface area (Å²) < 4.78 is 0. The number of halogens is 1. The van der Waals surface area contributed by atoms with Gasteiger partial charge in [0.1, 0.15) is 5.56 Å². The van der Waals surface area contributed by atoms with E-state index in [0.29, 0.717) is 0 Å². The van der Waals surface area contributed by atoms with Crippen LogP contribution in [0.25, 0.3) is 0 Å². The lowest BCUT2D eigenvalue weighted by Crippen LogP contribution is -1.97. The van der Waals surface area contributed by atoms with Gasteiger partial charge in [0.15, 0.2) is 0 Å². The van der Waals surface area contributed by atoms with Gasteiger partial charge in [-0.05, 0) is 17.7 Å². The van der Waals surface area contributed by atoms with Crippen LogP contribution in [0.2, 0.25) is 0 Å². The summed E-state index contributed by atoms with van der Waals surface area (Å²) in [7, 11) is 0. The van der Waals surface area contributed by atoms with Crippen molar-refractivity contribution in [3.05, 3.63) is 39.9 Å². The number of benzene rings is 1. The SMILES string of the molecule is CC.CC.O=C(Cl)c1ccccc1[N+](=O)[O-]. The van der Waals surface area contributed by atoms with Gasteiger partial charge >= 0.3 is 0 Å². The molecule has 1 aromatic rings. The Kier molecular flexibility index (Phi) is 10.7. The molecule has 0 fully saturated rings. The molecule has 0 N–H and O–H groups in total. The Balaban J connectivity index is 0. The van der Waals surface area contributed by atoms with Crippen molar-refractivity contribution in [3.8, 4) is 0 Å². The van der Waals surface area contributed by atoms with Crippen LogP contribution < -0.4 is 0 Å². The van der Waals surface area contributed by atoms with Gasteiger partial charge in [-0.25, -0.2) is 0 Å². The van der Waals surface area contributed by atoms with Gasteiger partial charge in [-0.15, -0.1) is 0 Å². The smallest absolute Gasteiger partial charge is 0.275 e. The first-order valence-electron chi connectivity index (χ1n) is 5.06. The van der Waals surface area contributed by atoms with Crippen molar-refractivity contribution in [1.82, 2.24) is 0 Å². The van der Waals surface area contributed by atoms with Gasteiger partial charge in [-0.3, -0.25) is 14.9 Å². The number of rotatable bonds is 2. The highest BCUT2D eigenvalue weighted by Gasteiger charge is 2.16. The van der Waals surface area contributed by atoms with Gasteiger partial charge in [0.2, 0.25) is 0 Å². The molecule has 0 unspecified atom stereocenters. The molecule has 1 rings (SSSR count). The minimum atomic E-state index is -0.817. The van der Waals surface area contributed by atoms with E-state index in [0.717, 1.165) is 0 Å². The number of nitrogens with zero attached hydrogens (tertiary/aromatic N) is 1. The molecular weight excluding hydrogens is 230 g/mol. The fourth-order valence-corrected chi connectivity index (χ4v) is 0.959. The normalized spacial score (nSPS) is 7.81. The lowest BCUT2D eigenvalue weighted by atomic mass is 10.2. The summed E-state index contributed by atoms with van der Waals surface area (Å²) in [5.74, 6) is 0. The van der Waals surface area contributed by atoms with Gasteiger partial charge in [0.05, 0.1) is 4.92 Å². The van der Waals surface area contributed by atoms with Crippen LogP contribution in [-0.2, 0) is 0 Å². The molecule has 0 aliphatic carbocycles. The summed E-state index contributed by atoms with van der Waals surface area (Å²) in [5, 5.41) is 9.50. The highest BCUT2D eigenvalue weighted by molar-refractivity contribution is 6.68. The minimum absolute atomic E-state index is 0.0795. The summed E-state index contributed by atoms with van der Waals surface area (Å²) in [5.41, 5.74) is -0.346. The Morgan fingerprint density at radius 2 is 1.62 bits per heavy atom. The fourth-order valence-electron chi connectivity index (χ4n) is 0.799. The number of carbonyl (C=O) groups excluding carboxylic acids is 1. The molecule has 0 heterocycles. The van der Waals surface area contributed by atoms with E-state index in [1.165, 1.54) is 24.3 Å². The third-order valence-electron chi connectivity index (χ3n) is 1.31. The standard InChI is InChI=1S/C7H4ClNO3.2C2H6/c8-7(10)5-3-1-2-4-6(5)9(11)12;2*1-2/h1-4H;2*1-2H3. The van der Waals surface area contributed by atoms with Crippen LogP contribution in [0.1, 0.15) is 38.1 Å². The largest absolute Gasteiger partial charge is 0.281 e. The maximum Gasteiger partial charge on any atom is 0.281 e. The molecule has 90 valence electrons. The second kappa shape index (κ2) is 10.1. The molecule has 0 bridgehead atoms. The van der Waals surface area contributed by atoms with Crippen LogP contribution in [-0.4, -0.2) is 10.2 Å². The summed E-state index contributed by atoms with van der Waals surface area (Å²) in [6, 6.07) is 5.53. The molecule has 0 spiro atoms. The number of para-hydroxylation sites is 1. The van der Waals surface area contributed by atoms with Gasteiger partial charge in [-0.2, -0.15) is 0 Å². The number of carbonyl (C=O) groups is 1.